The number of hydrogen-bond acceptors (Lipinski definition) is 3. The van der Waals surface area contributed by atoms with Crippen molar-refractivity contribution in [1.29, 1.82) is 0 Å². The van der Waals surface area contributed by atoms with Crippen LogP contribution in [-0.2, 0) is 4.79 Å². The Balaban J connectivity index is 2.25. The van der Waals surface area contributed by atoms with Gasteiger partial charge in [0.1, 0.15) is 0 Å². The maximum Gasteiger partial charge on any atom is 0.232 e. The number of aromatic nitrogens is 2. The Morgan fingerprint density at radius 3 is 2.62 bits per heavy atom. The zero-order valence-corrected chi connectivity index (χ0v) is 8.49. The van der Waals surface area contributed by atoms with E-state index in [-0.39, 0.29) is 5.91 Å². The molecule has 1 fully saturated rings. The van der Waals surface area contributed by atoms with E-state index in [1.54, 1.807) is 17.3 Å². The maximum absolute atomic E-state index is 11.3. The zero-order valence-electron chi connectivity index (χ0n) is 6.90. The molecule has 0 aromatic carbocycles. The molecule has 0 N–H and O–H groups in total. The van der Waals surface area contributed by atoms with Gasteiger partial charge in [0.15, 0.2) is 0 Å². The van der Waals surface area contributed by atoms with E-state index in [9.17, 15) is 4.79 Å². The summed E-state index contributed by atoms with van der Waals surface area (Å²) in [5, 5.41) is 0. The lowest BCUT2D eigenvalue weighted by molar-refractivity contribution is -0.117. The molecule has 0 spiro atoms. The van der Waals surface area contributed by atoms with Crippen LogP contribution in [0.5, 0.6) is 0 Å². The highest BCUT2D eigenvalue weighted by atomic mass is 79.9. The summed E-state index contributed by atoms with van der Waals surface area (Å²) in [5.74, 6) is 0.619. The summed E-state index contributed by atoms with van der Waals surface area (Å²) in [6.07, 6.45) is 4.81. The molecule has 0 saturated carbocycles. The molecule has 1 aliphatic rings. The molecular weight excluding hydrogens is 234 g/mol. The number of anilines is 1. The molecule has 0 aliphatic carbocycles. The van der Waals surface area contributed by atoms with Crippen molar-refractivity contribution >= 4 is 27.8 Å². The molecule has 2 heterocycles. The highest BCUT2D eigenvalue weighted by Gasteiger charge is 2.23. The van der Waals surface area contributed by atoms with E-state index in [0.29, 0.717) is 12.4 Å². The van der Waals surface area contributed by atoms with Crippen LogP contribution in [0, 0.1) is 0 Å². The van der Waals surface area contributed by atoms with Crippen molar-refractivity contribution in [1.82, 2.24) is 9.97 Å². The van der Waals surface area contributed by atoms with Gasteiger partial charge in [-0.2, -0.15) is 0 Å². The van der Waals surface area contributed by atoms with Crippen LogP contribution in [0.25, 0.3) is 0 Å². The number of hydrogen-bond donors (Lipinski definition) is 0. The number of nitrogens with zero attached hydrogens (tertiary/aromatic N) is 3. The van der Waals surface area contributed by atoms with Gasteiger partial charge in [-0.1, -0.05) is 0 Å². The summed E-state index contributed by atoms with van der Waals surface area (Å²) < 4.78 is 0.822. The number of carbonyl (C=O) groups is 1. The standard InChI is InChI=1S/C8H8BrN3O/c9-6-4-10-8(11-5-6)12-3-1-2-7(12)13/h4-5H,1-3H2. The summed E-state index contributed by atoms with van der Waals surface area (Å²) in [5.41, 5.74) is 0. The largest absolute Gasteiger partial charge is 0.281 e. The molecule has 1 aromatic rings. The molecule has 1 saturated heterocycles. The SMILES string of the molecule is O=C1CCCN1c1ncc(Br)cn1. The molecule has 0 bridgehead atoms. The second kappa shape index (κ2) is 3.41. The van der Waals surface area contributed by atoms with E-state index in [1.165, 1.54) is 0 Å². The summed E-state index contributed by atoms with van der Waals surface area (Å²) >= 11 is 3.24. The monoisotopic (exact) mass is 241 g/mol. The predicted octanol–water partition coefficient (Wildman–Crippen LogP) is 1.37. The van der Waals surface area contributed by atoms with Crippen molar-refractivity contribution < 1.29 is 4.79 Å². The first kappa shape index (κ1) is 8.62. The number of halogens is 1. The van der Waals surface area contributed by atoms with Gasteiger partial charge in [0.2, 0.25) is 11.9 Å². The highest BCUT2D eigenvalue weighted by molar-refractivity contribution is 9.10. The van der Waals surface area contributed by atoms with E-state index in [2.05, 4.69) is 25.9 Å². The van der Waals surface area contributed by atoms with Gasteiger partial charge in [-0.15, -0.1) is 0 Å². The minimum atomic E-state index is 0.113. The Hall–Kier alpha value is -0.970. The molecule has 1 amide bonds. The molecule has 13 heavy (non-hydrogen) atoms. The Morgan fingerprint density at radius 1 is 1.38 bits per heavy atom. The van der Waals surface area contributed by atoms with E-state index >= 15 is 0 Å². The second-order valence-corrected chi connectivity index (χ2v) is 3.77. The average molecular weight is 242 g/mol. The first-order chi connectivity index (χ1) is 6.27. The van der Waals surface area contributed by atoms with Crippen molar-refractivity contribution in [3.05, 3.63) is 16.9 Å². The van der Waals surface area contributed by atoms with Crippen LogP contribution in [0.4, 0.5) is 5.95 Å². The lowest BCUT2D eigenvalue weighted by Crippen LogP contribution is -2.25. The quantitative estimate of drug-likeness (QED) is 0.747. The minimum Gasteiger partial charge on any atom is -0.281 e. The van der Waals surface area contributed by atoms with Crippen LogP contribution in [0.2, 0.25) is 0 Å². The zero-order chi connectivity index (χ0) is 9.26. The smallest absolute Gasteiger partial charge is 0.232 e. The lowest BCUT2D eigenvalue weighted by Gasteiger charge is -2.11. The minimum absolute atomic E-state index is 0.113. The first-order valence-electron chi connectivity index (χ1n) is 4.05. The summed E-state index contributed by atoms with van der Waals surface area (Å²) in [6.45, 7) is 0.737. The fraction of sp³-hybridized carbons (Fsp3) is 0.375. The Bertz CT molecular complexity index is 325. The second-order valence-electron chi connectivity index (χ2n) is 2.85. The topological polar surface area (TPSA) is 46.1 Å². The highest BCUT2D eigenvalue weighted by Crippen LogP contribution is 2.17. The van der Waals surface area contributed by atoms with Gasteiger partial charge in [-0.05, 0) is 22.4 Å². The number of amides is 1. The van der Waals surface area contributed by atoms with Gasteiger partial charge in [0.05, 0.1) is 4.47 Å². The van der Waals surface area contributed by atoms with Gasteiger partial charge in [-0.25, -0.2) is 9.97 Å². The Morgan fingerprint density at radius 2 is 2.08 bits per heavy atom. The van der Waals surface area contributed by atoms with Crippen LogP contribution in [0.3, 0.4) is 0 Å². The molecule has 4 nitrogen and oxygen atoms in total. The lowest BCUT2D eigenvalue weighted by atomic mass is 10.4. The number of carbonyl (C=O) groups excluding carboxylic acids is 1. The third-order valence-corrected chi connectivity index (χ3v) is 2.33. The van der Waals surface area contributed by atoms with Crippen LogP contribution < -0.4 is 4.90 Å². The van der Waals surface area contributed by atoms with Crippen LogP contribution in [0.15, 0.2) is 16.9 Å². The van der Waals surface area contributed by atoms with Crippen molar-refractivity contribution in [3.8, 4) is 0 Å². The van der Waals surface area contributed by atoms with Gasteiger partial charge in [0.25, 0.3) is 0 Å². The molecule has 1 aromatic heterocycles. The summed E-state index contributed by atoms with van der Waals surface area (Å²) in [6, 6.07) is 0. The van der Waals surface area contributed by atoms with Crippen molar-refractivity contribution in [2.24, 2.45) is 0 Å². The van der Waals surface area contributed by atoms with Crippen LogP contribution in [0.1, 0.15) is 12.8 Å². The third kappa shape index (κ3) is 1.70. The molecule has 68 valence electrons. The summed E-state index contributed by atoms with van der Waals surface area (Å²) in [4.78, 5) is 21.0. The van der Waals surface area contributed by atoms with Crippen molar-refractivity contribution in [2.75, 3.05) is 11.4 Å². The maximum atomic E-state index is 11.3. The van der Waals surface area contributed by atoms with E-state index in [1.807, 2.05) is 0 Å². The third-order valence-electron chi connectivity index (χ3n) is 1.92. The number of rotatable bonds is 1. The van der Waals surface area contributed by atoms with Gasteiger partial charge < -0.3 is 0 Å². The van der Waals surface area contributed by atoms with Crippen molar-refractivity contribution in [3.63, 3.8) is 0 Å². The van der Waals surface area contributed by atoms with E-state index in [0.717, 1.165) is 17.4 Å². The van der Waals surface area contributed by atoms with Gasteiger partial charge in [-0.3, -0.25) is 9.69 Å². The predicted molar refractivity (Wildman–Crippen MR) is 51.3 cm³/mol. The normalized spacial score (nSPS) is 16.7. The molecule has 0 unspecified atom stereocenters. The average Bonchev–Trinajstić information content (AvgIpc) is 2.53. The molecular formula is C8H8BrN3O. The fourth-order valence-electron chi connectivity index (χ4n) is 1.30. The van der Waals surface area contributed by atoms with Gasteiger partial charge in [0, 0.05) is 25.4 Å². The van der Waals surface area contributed by atoms with E-state index in [4.69, 9.17) is 0 Å². The molecule has 2 rings (SSSR count). The fourth-order valence-corrected chi connectivity index (χ4v) is 1.51. The first-order valence-corrected chi connectivity index (χ1v) is 4.84. The molecule has 1 aliphatic heterocycles. The van der Waals surface area contributed by atoms with Crippen LogP contribution in [-0.4, -0.2) is 22.4 Å². The van der Waals surface area contributed by atoms with E-state index < -0.39 is 0 Å². The molecule has 5 heteroatoms. The summed E-state index contributed by atoms with van der Waals surface area (Å²) in [7, 11) is 0. The molecule has 0 radical (unpaired) electrons. The Labute approximate surface area is 84.1 Å². The Kier molecular flexibility index (Phi) is 2.26. The van der Waals surface area contributed by atoms with Crippen LogP contribution >= 0.6 is 15.9 Å². The molecule has 0 atom stereocenters. The van der Waals surface area contributed by atoms with Gasteiger partial charge >= 0.3 is 0 Å². The van der Waals surface area contributed by atoms with Crippen molar-refractivity contribution in [2.45, 2.75) is 12.8 Å².